The molecule has 2 aliphatic rings. The van der Waals surface area contributed by atoms with Gasteiger partial charge < -0.3 is 10.1 Å². The third kappa shape index (κ3) is 2.54. The Morgan fingerprint density at radius 2 is 2.30 bits per heavy atom. The molecule has 1 N–H and O–H groups in total. The fraction of sp³-hybridized carbons (Fsp3) is 0.588. The maximum Gasteiger partial charge on any atom is 0.219 e. The van der Waals surface area contributed by atoms with E-state index in [0.717, 1.165) is 31.7 Å². The molecule has 1 aromatic carbocycles. The van der Waals surface area contributed by atoms with Gasteiger partial charge in [0.15, 0.2) is 0 Å². The summed E-state index contributed by atoms with van der Waals surface area (Å²) >= 11 is 0. The minimum absolute atomic E-state index is 0.155. The normalized spacial score (nSPS) is 19.9. The standard InChI is InChI=1S/C17H23NO2/c1-2-16(19)18-10-8-13-5-3-4-12-6-7-15-14(17(12)13)9-11-20-15/h6-7,13H,2-5,8-11H2,1H3,(H,18,19)/t13-/m0/s1. The third-order valence-corrected chi connectivity index (χ3v) is 4.56. The average Bonchev–Trinajstić information content (AvgIpc) is 2.95. The van der Waals surface area contributed by atoms with Crippen LogP contribution < -0.4 is 10.1 Å². The van der Waals surface area contributed by atoms with Crippen LogP contribution in [0.25, 0.3) is 0 Å². The summed E-state index contributed by atoms with van der Waals surface area (Å²) in [5.74, 6) is 1.84. The largest absolute Gasteiger partial charge is 0.493 e. The minimum Gasteiger partial charge on any atom is -0.493 e. The first-order valence-corrected chi connectivity index (χ1v) is 7.83. The molecule has 1 aliphatic heterocycles. The fourth-order valence-electron chi connectivity index (χ4n) is 3.56. The molecular formula is C17H23NO2. The van der Waals surface area contributed by atoms with Gasteiger partial charge in [-0.3, -0.25) is 4.79 Å². The maximum atomic E-state index is 11.4. The molecule has 3 nitrogen and oxygen atoms in total. The smallest absolute Gasteiger partial charge is 0.219 e. The summed E-state index contributed by atoms with van der Waals surface area (Å²) in [6.07, 6.45) is 6.38. The minimum atomic E-state index is 0.155. The molecule has 1 amide bonds. The van der Waals surface area contributed by atoms with E-state index in [2.05, 4.69) is 17.4 Å². The van der Waals surface area contributed by atoms with Crippen molar-refractivity contribution in [3.8, 4) is 5.75 Å². The predicted octanol–water partition coefficient (Wildman–Crippen LogP) is 2.96. The van der Waals surface area contributed by atoms with Crippen LogP contribution in [0.2, 0.25) is 0 Å². The van der Waals surface area contributed by atoms with E-state index in [-0.39, 0.29) is 5.91 Å². The summed E-state index contributed by atoms with van der Waals surface area (Å²) in [5, 5.41) is 3.01. The van der Waals surface area contributed by atoms with Gasteiger partial charge in [0, 0.05) is 24.9 Å². The van der Waals surface area contributed by atoms with Crippen molar-refractivity contribution in [3.05, 3.63) is 28.8 Å². The SMILES string of the molecule is CCC(=O)NCC[C@@H]1CCCc2ccc3c(c21)CCO3. The number of carbonyl (C=O) groups excluding carboxylic acids is 1. The number of ether oxygens (including phenoxy) is 1. The topological polar surface area (TPSA) is 38.3 Å². The highest BCUT2D eigenvalue weighted by atomic mass is 16.5. The van der Waals surface area contributed by atoms with Crippen molar-refractivity contribution in [2.24, 2.45) is 0 Å². The lowest BCUT2D eigenvalue weighted by atomic mass is 9.78. The zero-order chi connectivity index (χ0) is 13.9. The lowest BCUT2D eigenvalue weighted by molar-refractivity contribution is -0.120. The number of carbonyl (C=O) groups is 1. The van der Waals surface area contributed by atoms with Crippen LogP contribution in [0.5, 0.6) is 5.75 Å². The van der Waals surface area contributed by atoms with Crippen LogP contribution in [0.4, 0.5) is 0 Å². The van der Waals surface area contributed by atoms with Crippen molar-refractivity contribution in [1.82, 2.24) is 5.32 Å². The van der Waals surface area contributed by atoms with Gasteiger partial charge in [0.25, 0.3) is 0 Å². The molecule has 0 radical (unpaired) electrons. The second kappa shape index (κ2) is 5.86. The number of hydrogen-bond donors (Lipinski definition) is 1. The molecule has 0 aromatic heterocycles. The molecule has 0 bridgehead atoms. The number of aryl methyl sites for hydroxylation is 1. The first kappa shape index (κ1) is 13.5. The number of fused-ring (bicyclic) bond motifs is 3. The van der Waals surface area contributed by atoms with E-state index in [1.165, 1.54) is 36.0 Å². The van der Waals surface area contributed by atoms with Crippen LogP contribution in [-0.2, 0) is 17.6 Å². The third-order valence-electron chi connectivity index (χ3n) is 4.56. The van der Waals surface area contributed by atoms with Crippen molar-refractivity contribution < 1.29 is 9.53 Å². The van der Waals surface area contributed by atoms with E-state index < -0.39 is 0 Å². The number of benzene rings is 1. The van der Waals surface area contributed by atoms with E-state index in [4.69, 9.17) is 4.74 Å². The van der Waals surface area contributed by atoms with Crippen LogP contribution in [-0.4, -0.2) is 19.1 Å². The van der Waals surface area contributed by atoms with Crippen LogP contribution in [0.3, 0.4) is 0 Å². The van der Waals surface area contributed by atoms with Crippen molar-refractivity contribution in [1.29, 1.82) is 0 Å². The van der Waals surface area contributed by atoms with Crippen molar-refractivity contribution in [3.63, 3.8) is 0 Å². The van der Waals surface area contributed by atoms with Gasteiger partial charge in [0.05, 0.1) is 6.61 Å². The number of hydrogen-bond acceptors (Lipinski definition) is 2. The summed E-state index contributed by atoms with van der Waals surface area (Å²) in [6, 6.07) is 4.39. The van der Waals surface area contributed by atoms with Crippen molar-refractivity contribution in [2.75, 3.05) is 13.2 Å². The van der Waals surface area contributed by atoms with Gasteiger partial charge >= 0.3 is 0 Å². The van der Waals surface area contributed by atoms with Crippen molar-refractivity contribution >= 4 is 5.91 Å². The van der Waals surface area contributed by atoms with Crippen molar-refractivity contribution in [2.45, 2.75) is 51.4 Å². The highest BCUT2D eigenvalue weighted by molar-refractivity contribution is 5.75. The number of rotatable bonds is 4. The molecule has 3 rings (SSSR count). The first-order valence-electron chi connectivity index (χ1n) is 7.83. The molecule has 3 heteroatoms. The van der Waals surface area contributed by atoms with Gasteiger partial charge in [0.1, 0.15) is 5.75 Å². The lowest BCUT2D eigenvalue weighted by Gasteiger charge is -2.27. The highest BCUT2D eigenvalue weighted by Gasteiger charge is 2.27. The van der Waals surface area contributed by atoms with Crippen LogP contribution in [0.1, 0.15) is 55.2 Å². The van der Waals surface area contributed by atoms with E-state index in [1.54, 1.807) is 0 Å². The molecule has 0 fully saturated rings. The summed E-state index contributed by atoms with van der Waals surface area (Å²) in [4.78, 5) is 11.4. The number of amides is 1. The molecule has 1 aromatic rings. The second-order valence-corrected chi connectivity index (χ2v) is 5.79. The Kier molecular flexibility index (Phi) is 3.95. The Bertz CT molecular complexity index is 510. The van der Waals surface area contributed by atoms with Gasteiger partial charge in [-0.2, -0.15) is 0 Å². The Labute approximate surface area is 120 Å². The Morgan fingerprint density at radius 1 is 1.40 bits per heavy atom. The average molecular weight is 273 g/mol. The molecule has 108 valence electrons. The fourth-order valence-corrected chi connectivity index (χ4v) is 3.56. The first-order chi connectivity index (χ1) is 9.79. The zero-order valence-corrected chi connectivity index (χ0v) is 12.2. The number of nitrogens with one attached hydrogen (secondary N) is 1. The molecule has 0 unspecified atom stereocenters. The summed E-state index contributed by atoms with van der Waals surface area (Å²) in [7, 11) is 0. The molecule has 1 heterocycles. The quantitative estimate of drug-likeness (QED) is 0.916. The van der Waals surface area contributed by atoms with Gasteiger partial charge in [-0.15, -0.1) is 0 Å². The summed E-state index contributed by atoms with van der Waals surface area (Å²) < 4.78 is 5.70. The van der Waals surface area contributed by atoms with Gasteiger partial charge in [-0.1, -0.05) is 13.0 Å². The van der Waals surface area contributed by atoms with E-state index >= 15 is 0 Å². The Balaban J connectivity index is 1.76. The van der Waals surface area contributed by atoms with E-state index in [0.29, 0.717) is 12.3 Å². The summed E-state index contributed by atoms with van der Waals surface area (Å²) in [6.45, 7) is 3.52. The Hall–Kier alpha value is -1.51. The molecule has 0 saturated heterocycles. The lowest BCUT2D eigenvalue weighted by Crippen LogP contribution is -2.25. The summed E-state index contributed by atoms with van der Waals surface area (Å²) in [5.41, 5.74) is 4.48. The molecule has 0 spiro atoms. The van der Waals surface area contributed by atoms with Crippen LogP contribution in [0.15, 0.2) is 12.1 Å². The second-order valence-electron chi connectivity index (χ2n) is 5.79. The molecule has 1 aliphatic carbocycles. The van der Waals surface area contributed by atoms with Gasteiger partial charge in [-0.05, 0) is 48.8 Å². The van der Waals surface area contributed by atoms with Crippen LogP contribution >= 0.6 is 0 Å². The van der Waals surface area contributed by atoms with E-state index in [9.17, 15) is 4.79 Å². The monoisotopic (exact) mass is 273 g/mol. The maximum absolute atomic E-state index is 11.4. The Morgan fingerprint density at radius 3 is 3.15 bits per heavy atom. The highest BCUT2D eigenvalue weighted by Crippen LogP contribution is 2.41. The molecule has 20 heavy (non-hydrogen) atoms. The van der Waals surface area contributed by atoms with Crippen LogP contribution in [0, 0.1) is 0 Å². The molecular weight excluding hydrogens is 250 g/mol. The predicted molar refractivity (Wildman–Crippen MR) is 79.2 cm³/mol. The molecule has 0 saturated carbocycles. The van der Waals surface area contributed by atoms with Gasteiger partial charge in [-0.25, -0.2) is 0 Å². The van der Waals surface area contributed by atoms with Gasteiger partial charge in [0.2, 0.25) is 5.91 Å². The zero-order valence-electron chi connectivity index (χ0n) is 12.2. The molecule has 1 atom stereocenters. The van der Waals surface area contributed by atoms with E-state index in [1.807, 2.05) is 6.92 Å².